The maximum atomic E-state index is 15.5. The Bertz CT molecular complexity index is 1290. The first-order valence-corrected chi connectivity index (χ1v) is 10.6. The van der Waals surface area contributed by atoms with Crippen LogP contribution in [0.5, 0.6) is 0 Å². The normalized spacial score (nSPS) is 21.0. The van der Waals surface area contributed by atoms with E-state index in [4.69, 9.17) is 11.6 Å². The van der Waals surface area contributed by atoms with Crippen molar-refractivity contribution in [2.45, 2.75) is 18.5 Å². The minimum absolute atomic E-state index is 0.0290. The van der Waals surface area contributed by atoms with E-state index in [0.717, 1.165) is 35.3 Å². The highest BCUT2D eigenvalue weighted by Gasteiger charge is 2.43. The average Bonchev–Trinajstić information content (AvgIpc) is 3.30. The van der Waals surface area contributed by atoms with Gasteiger partial charge in [-0.3, -0.25) is 4.98 Å². The van der Waals surface area contributed by atoms with Crippen LogP contribution in [0.25, 0.3) is 32.9 Å². The van der Waals surface area contributed by atoms with Gasteiger partial charge in [0.15, 0.2) is 5.82 Å². The van der Waals surface area contributed by atoms with Crippen LogP contribution in [0.2, 0.25) is 5.02 Å². The molecule has 2 aromatic heterocycles. The zero-order chi connectivity index (χ0) is 19.7. The molecule has 2 aliphatic heterocycles. The Kier molecular flexibility index (Phi) is 3.82. The molecule has 2 atom stereocenters. The van der Waals surface area contributed by atoms with Crippen LogP contribution in [0.15, 0.2) is 36.5 Å². The van der Waals surface area contributed by atoms with Crippen molar-refractivity contribution in [2.24, 2.45) is 0 Å². The Hall–Kier alpha value is -2.35. The molecule has 8 heteroatoms. The van der Waals surface area contributed by atoms with Crippen molar-refractivity contribution in [3.63, 3.8) is 0 Å². The van der Waals surface area contributed by atoms with Crippen molar-refractivity contribution in [3.05, 3.63) is 53.2 Å². The third-order valence-corrected chi connectivity index (χ3v) is 7.27. The number of halogens is 3. The number of fused-ring (bicyclic) bond motifs is 3. The number of aromatic nitrogens is 2. The Morgan fingerprint density at radius 1 is 1.21 bits per heavy atom. The van der Waals surface area contributed by atoms with Gasteiger partial charge in [0.2, 0.25) is 0 Å². The van der Waals surface area contributed by atoms with Crippen molar-refractivity contribution in [2.75, 3.05) is 18.0 Å². The maximum absolute atomic E-state index is 15.5. The van der Waals surface area contributed by atoms with Gasteiger partial charge < -0.3 is 10.2 Å². The molecule has 2 saturated heterocycles. The van der Waals surface area contributed by atoms with E-state index in [0.29, 0.717) is 28.6 Å². The standard InChI is InChI=1S/C21H15ClF2N4S/c22-17-13(23)5-4-10-2-1-3-11(16(10)17)19-18(24)20-12(8-26-19)21(29-27-20)28-9-14-15(28)6-7-25-14/h1-5,8,14-15,25H,6-7,9H2/t14-,15-/m1/s1. The molecule has 2 aliphatic rings. The molecule has 0 aliphatic carbocycles. The van der Waals surface area contributed by atoms with Crippen LogP contribution < -0.4 is 10.2 Å². The molecule has 0 unspecified atom stereocenters. The zero-order valence-corrected chi connectivity index (χ0v) is 16.7. The highest BCUT2D eigenvalue weighted by molar-refractivity contribution is 7.11. The molecule has 29 heavy (non-hydrogen) atoms. The first-order valence-electron chi connectivity index (χ1n) is 9.44. The number of rotatable bonds is 2. The summed E-state index contributed by atoms with van der Waals surface area (Å²) in [7, 11) is 0. The van der Waals surface area contributed by atoms with E-state index in [2.05, 4.69) is 19.6 Å². The van der Waals surface area contributed by atoms with Crippen molar-refractivity contribution in [1.82, 2.24) is 14.7 Å². The van der Waals surface area contributed by atoms with E-state index >= 15 is 4.39 Å². The molecule has 0 bridgehead atoms. The molecular formula is C21H15ClF2N4S. The fourth-order valence-corrected chi connectivity index (χ4v) is 5.71. The van der Waals surface area contributed by atoms with Crippen LogP contribution in [0, 0.1) is 11.6 Å². The maximum Gasteiger partial charge on any atom is 0.176 e. The lowest BCUT2D eigenvalue weighted by Crippen LogP contribution is -2.61. The predicted molar refractivity (Wildman–Crippen MR) is 113 cm³/mol. The summed E-state index contributed by atoms with van der Waals surface area (Å²) in [5.74, 6) is -1.04. The van der Waals surface area contributed by atoms with Crippen molar-refractivity contribution in [3.8, 4) is 11.3 Å². The van der Waals surface area contributed by atoms with Crippen molar-refractivity contribution in [1.29, 1.82) is 0 Å². The van der Waals surface area contributed by atoms with Crippen LogP contribution >= 0.6 is 23.1 Å². The Labute approximate surface area is 174 Å². The molecule has 4 aromatic rings. The number of nitrogens with one attached hydrogen (secondary N) is 1. The smallest absolute Gasteiger partial charge is 0.176 e. The molecule has 6 rings (SSSR count). The zero-order valence-electron chi connectivity index (χ0n) is 15.1. The van der Waals surface area contributed by atoms with E-state index < -0.39 is 11.6 Å². The predicted octanol–water partition coefficient (Wildman–Crippen LogP) is 4.99. The van der Waals surface area contributed by atoms with E-state index in [1.54, 1.807) is 24.4 Å². The summed E-state index contributed by atoms with van der Waals surface area (Å²) in [5, 5.41) is 6.32. The van der Waals surface area contributed by atoms with E-state index in [9.17, 15) is 4.39 Å². The summed E-state index contributed by atoms with van der Waals surface area (Å²) in [4.78, 5) is 6.71. The molecule has 4 heterocycles. The summed E-state index contributed by atoms with van der Waals surface area (Å²) < 4.78 is 34.0. The molecule has 2 aromatic carbocycles. The van der Waals surface area contributed by atoms with Crippen LogP contribution in [-0.2, 0) is 0 Å². The second-order valence-electron chi connectivity index (χ2n) is 7.50. The van der Waals surface area contributed by atoms with Gasteiger partial charge in [-0.25, -0.2) is 8.78 Å². The summed E-state index contributed by atoms with van der Waals surface area (Å²) in [6, 6.07) is 9.22. The molecule has 1 N–H and O–H groups in total. The van der Waals surface area contributed by atoms with E-state index in [1.807, 2.05) is 6.07 Å². The molecular weight excluding hydrogens is 414 g/mol. The highest BCUT2D eigenvalue weighted by atomic mass is 35.5. The monoisotopic (exact) mass is 428 g/mol. The van der Waals surface area contributed by atoms with Crippen LogP contribution in [-0.4, -0.2) is 34.5 Å². The second-order valence-corrected chi connectivity index (χ2v) is 8.63. The van der Waals surface area contributed by atoms with Gasteiger partial charge in [0.25, 0.3) is 0 Å². The van der Waals surface area contributed by atoms with Crippen molar-refractivity contribution >= 4 is 49.8 Å². The van der Waals surface area contributed by atoms with E-state index in [-0.39, 0.29) is 10.7 Å². The summed E-state index contributed by atoms with van der Waals surface area (Å²) in [5.41, 5.74) is 0.898. The third kappa shape index (κ3) is 2.44. The number of benzene rings is 2. The molecule has 0 spiro atoms. The van der Waals surface area contributed by atoms with Gasteiger partial charge in [-0.15, -0.1) is 0 Å². The van der Waals surface area contributed by atoms with Crippen LogP contribution in [0.1, 0.15) is 6.42 Å². The summed E-state index contributed by atoms with van der Waals surface area (Å²) in [6.07, 6.45) is 2.76. The lowest BCUT2D eigenvalue weighted by Gasteiger charge is -2.44. The van der Waals surface area contributed by atoms with Gasteiger partial charge in [-0.05, 0) is 36.0 Å². The molecule has 0 saturated carbocycles. The van der Waals surface area contributed by atoms with Gasteiger partial charge in [0.1, 0.15) is 22.0 Å². The number of hydrogen-bond donors (Lipinski definition) is 1. The van der Waals surface area contributed by atoms with Gasteiger partial charge in [-0.1, -0.05) is 35.9 Å². The SMILES string of the molecule is Fc1ccc2cccc(-c3ncc4c(N5C[C@H]6NCC[C@H]65)snc4c3F)c2c1Cl. The van der Waals surface area contributed by atoms with Crippen molar-refractivity contribution < 1.29 is 8.78 Å². The third-order valence-electron chi connectivity index (χ3n) is 6.00. The molecule has 0 radical (unpaired) electrons. The van der Waals surface area contributed by atoms with Crippen LogP contribution in [0.3, 0.4) is 0 Å². The average molecular weight is 429 g/mol. The van der Waals surface area contributed by atoms with Gasteiger partial charge in [0.05, 0.1) is 10.4 Å². The molecule has 4 nitrogen and oxygen atoms in total. The first kappa shape index (κ1) is 17.5. The van der Waals surface area contributed by atoms with Gasteiger partial charge in [-0.2, -0.15) is 4.37 Å². The topological polar surface area (TPSA) is 41.1 Å². The summed E-state index contributed by atoms with van der Waals surface area (Å²) >= 11 is 7.53. The number of anilines is 1. The van der Waals surface area contributed by atoms with Crippen LogP contribution in [0.4, 0.5) is 13.8 Å². The number of pyridine rings is 1. The lowest BCUT2D eigenvalue weighted by molar-refractivity contribution is 0.399. The Balaban J connectivity index is 1.51. The lowest BCUT2D eigenvalue weighted by atomic mass is 9.98. The minimum atomic E-state index is -0.540. The fraction of sp³-hybridized carbons (Fsp3) is 0.238. The first-order chi connectivity index (χ1) is 14.1. The number of hydrogen-bond acceptors (Lipinski definition) is 5. The summed E-state index contributed by atoms with van der Waals surface area (Å²) in [6.45, 7) is 1.92. The molecule has 2 fully saturated rings. The quantitative estimate of drug-likeness (QED) is 0.488. The fourth-order valence-electron chi connectivity index (χ4n) is 4.52. The number of nitrogens with zero attached hydrogens (tertiary/aromatic N) is 3. The minimum Gasteiger partial charge on any atom is -0.355 e. The Morgan fingerprint density at radius 3 is 2.97 bits per heavy atom. The van der Waals surface area contributed by atoms with E-state index in [1.165, 1.54) is 17.6 Å². The highest BCUT2D eigenvalue weighted by Crippen LogP contribution is 2.42. The second kappa shape index (κ2) is 6.32. The largest absolute Gasteiger partial charge is 0.355 e. The molecule has 146 valence electrons. The Morgan fingerprint density at radius 2 is 2.10 bits per heavy atom. The molecule has 0 amide bonds. The van der Waals surface area contributed by atoms with Gasteiger partial charge in [0, 0.05) is 35.8 Å². The van der Waals surface area contributed by atoms with Gasteiger partial charge >= 0.3 is 0 Å².